The van der Waals surface area contributed by atoms with E-state index in [-0.39, 0.29) is 29.0 Å². The van der Waals surface area contributed by atoms with Gasteiger partial charge in [-0.1, -0.05) is 73.9 Å². The monoisotopic (exact) mass is 547 g/mol. The summed E-state index contributed by atoms with van der Waals surface area (Å²) in [7, 11) is 1.70. The Morgan fingerprint density at radius 2 is 1.65 bits per heavy atom. The Morgan fingerprint density at radius 1 is 1.00 bits per heavy atom. The highest BCUT2D eigenvalue weighted by molar-refractivity contribution is 6.31. The highest BCUT2D eigenvalue weighted by atomic mass is 35.5. The van der Waals surface area contributed by atoms with Gasteiger partial charge in [0.25, 0.3) is 0 Å². The lowest BCUT2D eigenvalue weighted by Gasteiger charge is -2.47. The van der Waals surface area contributed by atoms with E-state index in [1.165, 1.54) is 18.9 Å². The number of carbonyl (C=O) groups is 1. The van der Waals surface area contributed by atoms with Crippen molar-refractivity contribution in [2.24, 2.45) is 5.92 Å². The van der Waals surface area contributed by atoms with Gasteiger partial charge in [0.05, 0.1) is 16.4 Å². The molecule has 2 aromatic rings. The fourth-order valence-corrected chi connectivity index (χ4v) is 7.07. The first-order chi connectivity index (χ1) is 17.9. The number of benzene rings is 2. The van der Waals surface area contributed by atoms with Crippen LogP contribution in [0, 0.1) is 11.7 Å². The van der Waals surface area contributed by atoms with Crippen molar-refractivity contribution < 1.29 is 13.9 Å². The molecule has 8 heteroatoms. The molecule has 2 aromatic carbocycles. The van der Waals surface area contributed by atoms with Crippen LogP contribution in [0.1, 0.15) is 75.7 Å². The normalized spacial score (nSPS) is 24.0. The molecule has 37 heavy (non-hydrogen) atoms. The molecule has 1 amide bonds. The minimum absolute atomic E-state index is 0.0291. The van der Waals surface area contributed by atoms with E-state index < -0.39 is 17.4 Å². The van der Waals surface area contributed by atoms with Gasteiger partial charge in [0, 0.05) is 24.2 Å². The number of methoxy groups -OCH3 is 1. The van der Waals surface area contributed by atoms with Gasteiger partial charge in [0.2, 0.25) is 5.91 Å². The van der Waals surface area contributed by atoms with Crippen LogP contribution in [-0.4, -0.2) is 30.8 Å². The second-order valence-electron chi connectivity index (χ2n) is 10.8. The topological polar surface area (TPSA) is 62.4 Å². The number of halogens is 3. The first-order valence-corrected chi connectivity index (χ1v) is 14.3. The second kappa shape index (κ2) is 11.4. The van der Waals surface area contributed by atoms with Crippen LogP contribution in [0.5, 0.6) is 0 Å². The standard InChI is InChI=1S/C29H36Cl2FN3O2/c1-37-27(18-9-4-2-5-10-18)29(34-24-16-22(31)23(32)17-25(24)35-29)26(19-11-8-12-20(30)15-19)28(36)33-21-13-6-3-7-14-21/h8,11-12,15-18,21,26-27,34-35H,2-7,9-10,13-14H2,1H3,(H,33,36). The highest BCUT2D eigenvalue weighted by Crippen LogP contribution is 2.49. The van der Waals surface area contributed by atoms with Gasteiger partial charge < -0.3 is 20.7 Å². The Kier molecular flexibility index (Phi) is 8.18. The number of nitrogens with one attached hydrogen (secondary N) is 3. The van der Waals surface area contributed by atoms with Crippen molar-refractivity contribution in [3.8, 4) is 0 Å². The smallest absolute Gasteiger partial charge is 0.232 e. The van der Waals surface area contributed by atoms with E-state index in [1.54, 1.807) is 13.2 Å². The maximum absolute atomic E-state index is 14.6. The lowest BCUT2D eigenvalue weighted by Crippen LogP contribution is -2.63. The van der Waals surface area contributed by atoms with Gasteiger partial charge in [-0.25, -0.2) is 4.39 Å². The molecule has 0 radical (unpaired) electrons. The summed E-state index contributed by atoms with van der Waals surface area (Å²) in [5, 5.41) is 11.1. The van der Waals surface area contributed by atoms with E-state index in [0.29, 0.717) is 16.4 Å². The molecule has 3 atom stereocenters. The van der Waals surface area contributed by atoms with E-state index in [1.807, 2.05) is 24.3 Å². The molecule has 1 heterocycles. The molecular formula is C29H36Cl2FN3O2. The third-order valence-corrected chi connectivity index (χ3v) is 8.90. The van der Waals surface area contributed by atoms with Gasteiger partial charge in [-0.3, -0.25) is 4.79 Å². The van der Waals surface area contributed by atoms with E-state index >= 15 is 0 Å². The minimum Gasteiger partial charge on any atom is -0.377 e. The van der Waals surface area contributed by atoms with E-state index in [2.05, 4.69) is 16.0 Å². The van der Waals surface area contributed by atoms with E-state index in [4.69, 9.17) is 27.9 Å². The average Bonchev–Trinajstić information content (AvgIpc) is 3.24. The Labute approximate surface area is 228 Å². The third-order valence-electron chi connectivity index (χ3n) is 8.38. The second-order valence-corrected chi connectivity index (χ2v) is 11.7. The van der Waals surface area contributed by atoms with Crippen LogP contribution in [0.4, 0.5) is 15.8 Å². The number of hydrogen-bond acceptors (Lipinski definition) is 4. The summed E-state index contributed by atoms with van der Waals surface area (Å²) in [6, 6.07) is 10.6. The quantitative estimate of drug-likeness (QED) is 0.336. The molecule has 200 valence electrons. The maximum atomic E-state index is 14.6. The van der Waals surface area contributed by atoms with Crippen LogP contribution >= 0.6 is 23.2 Å². The van der Waals surface area contributed by atoms with Crippen molar-refractivity contribution in [2.45, 2.75) is 87.9 Å². The molecule has 3 aliphatic rings. The Morgan fingerprint density at radius 3 is 2.30 bits per heavy atom. The summed E-state index contributed by atoms with van der Waals surface area (Å²) >= 11 is 12.6. The van der Waals surface area contributed by atoms with Gasteiger partial charge in [0.1, 0.15) is 17.8 Å². The first-order valence-electron chi connectivity index (χ1n) is 13.6. The SMILES string of the molecule is COC(C1CCCCC1)C1(C(C(=O)NC2CCCCC2)c2cccc(Cl)c2)Nc2cc(F)c(Cl)cc2N1. The van der Waals surface area contributed by atoms with Crippen LogP contribution in [0.3, 0.4) is 0 Å². The lowest BCUT2D eigenvalue weighted by molar-refractivity contribution is -0.126. The van der Waals surface area contributed by atoms with Crippen molar-refractivity contribution in [1.29, 1.82) is 0 Å². The highest BCUT2D eigenvalue weighted by Gasteiger charge is 2.56. The Hall–Kier alpha value is -2.02. The zero-order chi connectivity index (χ0) is 26.0. The minimum atomic E-state index is -1.07. The molecule has 0 bridgehead atoms. The van der Waals surface area contributed by atoms with E-state index in [9.17, 15) is 9.18 Å². The molecule has 2 aliphatic carbocycles. The van der Waals surface area contributed by atoms with Gasteiger partial charge in [-0.15, -0.1) is 0 Å². The average molecular weight is 549 g/mol. The molecule has 3 unspecified atom stereocenters. The molecule has 0 saturated heterocycles. The summed E-state index contributed by atoms with van der Waals surface area (Å²) in [4.78, 5) is 14.3. The van der Waals surface area contributed by atoms with Crippen LogP contribution in [0.15, 0.2) is 36.4 Å². The van der Waals surface area contributed by atoms with Crippen LogP contribution in [-0.2, 0) is 9.53 Å². The third kappa shape index (κ3) is 5.43. The molecule has 1 aliphatic heterocycles. The number of anilines is 2. The van der Waals surface area contributed by atoms with Crippen molar-refractivity contribution in [3.63, 3.8) is 0 Å². The Bertz CT molecular complexity index is 1090. The van der Waals surface area contributed by atoms with Crippen LogP contribution in [0.2, 0.25) is 10.0 Å². The number of hydrogen-bond donors (Lipinski definition) is 3. The summed E-state index contributed by atoms with van der Waals surface area (Å²) in [6.45, 7) is 0. The number of rotatable bonds is 7. The van der Waals surface area contributed by atoms with Gasteiger partial charge in [-0.2, -0.15) is 0 Å². The number of amides is 1. The molecule has 5 rings (SSSR count). The molecule has 2 fully saturated rings. The Balaban J connectivity index is 1.62. The fraction of sp³-hybridized carbons (Fsp3) is 0.552. The van der Waals surface area contributed by atoms with Crippen molar-refractivity contribution in [1.82, 2.24) is 5.32 Å². The van der Waals surface area contributed by atoms with Gasteiger partial charge in [0.15, 0.2) is 5.66 Å². The summed E-state index contributed by atoms with van der Waals surface area (Å²) in [5.41, 5.74) is 0.927. The first kappa shape index (κ1) is 26.6. The fourth-order valence-electron chi connectivity index (χ4n) is 6.71. The van der Waals surface area contributed by atoms with E-state index in [0.717, 1.165) is 56.9 Å². The predicted octanol–water partition coefficient (Wildman–Crippen LogP) is 7.49. The molecule has 2 saturated carbocycles. The zero-order valence-corrected chi connectivity index (χ0v) is 22.8. The van der Waals surface area contributed by atoms with Gasteiger partial charge in [-0.05, 0) is 55.4 Å². The van der Waals surface area contributed by atoms with Crippen LogP contribution in [0.25, 0.3) is 0 Å². The summed E-state index contributed by atoms with van der Waals surface area (Å²) in [6.07, 6.45) is 10.4. The van der Waals surface area contributed by atoms with Crippen molar-refractivity contribution >= 4 is 40.5 Å². The van der Waals surface area contributed by atoms with Crippen molar-refractivity contribution in [2.75, 3.05) is 17.7 Å². The molecule has 0 aromatic heterocycles. The van der Waals surface area contributed by atoms with Crippen LogP contribution < -0.4 is 16.0 Å². The number of ether oxygens (including phenoxy) is 1. The number of fused-ring (bicyclic) bond motifs is 1. The molecular weight excluding hydrogens is 512 g/mol. The number of carbonyl (C=O) groups excluding carboxylic acids is 1. The zero-order valence-electron chi connectivity index (χ0n) is 21.3. The maximum Gasteiger partial charge on any atom is 0.232 e. The predicted molar refractivity (Wildman–Crippen MR) is 148 cm³/mol. The van der Waals surface area contributed by atoms with Gasteiger partial charge >= 0.3 is 0 Å². The summed E-state index contributed by atoms with van der Waals surface area (Å²) < 4.78 is 20.9. The summed E-state index contributed by atoms with van der Waals surface area (Å²) in [5.74, 6) is -1.08. The molecule has 3 N–H and O–H groups in total. The van der Waals surface area contributed by atoms with Crippen molar-refractivity contribution in [3.05, 3.63) is 57.8 Å². The largest absolute Gasteiger partial charge is 0.377 e. The molecule has 5 nitrogen and oxygen atoms in total. The molecule has 0 spiro atoms. The lowest BCUT2D eigenvalue weighted by atomic mass is 9.73.